The smallest absolute Gasteiger partial charge is 0.422 e. The molecule has 0 spiro atoms. The highest BCUT2D eigenvalue weighted by Crippen LogP contribution is 2.23. The summed E-state index contributed by atoms with van der Waals surface area (Å²) in [6.45, 7) is 1.26. The van der Waals surface area contributed by atoms with Gasteiger partial charge in [-0.15, -0.1) is 0 Å². The molecule has 0 heterocycles. The highest BCUT2D eigenvalue weighted by molar-refractivity contribution is 5.79. The number of hydrogen-bond donors (Lipinski definition) is 2. The van der Waals surface area contributed by atoms with Crippen molar-refractivity contribution in [3.8, 4) is 11.5 Å². The number of nitrogens with one attached hydrogen (secondary N) is 2. The number of ether oxygens (including phenoxy) is 2. The zero-order valence-electron chi connectivity index (χ0n) is 16.1. The summed E-state index contributed by atoms with van der Waals surface area (Å²) in [6.07, 6.45) is -4.39. The molecule has 0 unspecified atom stereocenters. The van der Waals surface area contributed by atoms with Gasteiger partial charge in [-0.1, -0.05) is 24.3 Å². The van der Waals surface area contributed by atoms with Crippen molar-refractivity contribution in [2.45, 2.75) is 26.2 Å². The predicted octanol–water partition coefficient (Wildman–Crippen LogP) is 3.81. The van der Waals surface area contributed by atoms with Gasteiger partial charge in [0.1, 0.15) is 11.5 Å². The van der Waals surface area contributed by atoms with Crippen molar-refractivity contribution in [3.05, 3.63) is 59.2 Å². The second kappa shape index (κ2) is 9.87. The molecule has 2 aromatic carbocycles. The van der Waals surface area contributed by atoms with Crippen LogP contribution in [0.3, 0.4) is 0 Å². The summed E-state index contributed by atoms with van der Waals surface area (Å²) in [4.78, 5) is 4.14. The minimum Gasteiger partial charge on any atom is -0.497 e. The Bertz CT molecular complexity index is 808. The summed E-state index contributed by atoms with van der Waals surface area (Å²) >= 11 is 0. The van der Waals surface area contributed by atoms with Crippen LogP contribution in [0.5, 0.6) is 11.5 Å². The summed E-state index contributed by atoms with van der Waals surface area (Å²) in [5.41, 5.74) is 2.44. The van der Waals surface area contributed by atoms with E-state index in [2.05, 4.69) is 15.6 Å². The van der Waals surface area contributed by atoms with Crippen molar-refractivity contribution in [2.24, 2.45) is 4.99 Å². The SMILES string of the molecule is CN=C(NCc1cccc(OC)c1)NCc1ccc(C)cc1OCC(F)(F)F. The number of hydrogen-bond acceptors (Lipinski definition) is 3. The number of aliphatic imine (C=N–C) groups is 1. The summed E-state index contributed by atoms with van der Waals surface area (Å²) in [7, 11) is 3.23. The number of nitrogens with zero attached hydrogens (tertiary/aromatic N) is 1. The molecule has 5 nitrogen and oxygen atoms in total. The van der Waals surface area contributed by atoms with E-state index in [4.69, 9.17) is 9.47 Å². The van der Waals surface area contributed by atoms with Crippen molar-refractivity contribution in [2.75, 3.05) is 20.8 Å². The van der Waals surface area contributed by atoms with Crippen molar-refractivity contribution in [3.63, 3.8) is 0 Å². The molecule has 28 heavy (non-hydrogen) atoms. The van der Waals surface area contributed by atoms with E-state index in [0.29, 0.717) is 18.1 Å². The van der Waals surface area contributed by atoms with E-state index in [-0.39, 0.29) is 12.3 Å². The first-order valence-corrected chi connectivity index (χ1v) is 8.67. The van der Waals surface area contributed by atoms with E-state index in [1.54, 1.807) is 33.2 Å². The molecule has 2 rings (SSSR count). The lowest BCUT2D eigenvalue weighted by molar-refractivity contribution is -0.153. The zero-order chi connectivity index (χ0) is 20.6. The summed E-state index contributed by atoms with van der Waals surface area (Å²) in [5, 5.41) is 6.24. The monoisotopic (exact) mass is 395 g/mol. The second-order valence-electron chi connectivity index (χ2n) is 6.15. The van der Waals surface area contributed by atoms with Crippen LogP contribution in [0.1, 0.15) is 16.7 Å². The molecule has 0 saturated carbocycles. The van der Waals surface area contributed by atoms with Crippen LogP contribution in [0.15, 0.2) is 47.5 Å². The van der Waals surface area contributed by atoms with Crippen LogP contribution in [0.25, 0.3) is 0 Å². The number of rotatable bonds is 7. The lowest BCUT2D eigenvalue weighted by Gasteiger charge is -2.16. The topological polar surface area (TPSA) is 54.9 Å². The highest BCUT2D eigenvalue weighted by Gasteiger charge is 2.28. The van der Waals surface area contributed by atoms with Crippen molar-refractivity contribution in [1.29, 1.82) is 0 Å². The molecule has 0 aliphatic carbocycles. The van der Waals surface area contributed by atoms with Crippen LogP contribution >= 0.6 is 0 Å². The maximum Gasteiger partial charge on any atom is 0.422 e. The number of alkyl halides is 3. The molecular weight excluding hydrogens is 371 g/mol. The number of guanidine groups is 1. The van der Waals surface area contributed by atoms with Gasteiger partial charge in [0.15, 0.2) is 12.6 Å². The Kier molecular flexibility index (Phi) is 7.54. The predicted molar refractivity (Wildman–Crippen MR) is 103 cm³/mol. The molecule has 0 aliphatic rings. The van der Waals surface area contributed by atoms with E-state index in [9.17, 15) is 13.2 Å². The normalized spacial score (nSPS) is 11.9. The Morgan fingerprint density at radius 2 is 1.82 bits per heavy atom. The minimum atomic E-state index is -4.39. The molecule has 0 saturated heterocycles. The first-order chi connectivity index (χ1) is 13.3. The van der Waals surface area contributed by atoms with E-state index in [1.165, 1.54) is 0 Å². The van der Waals surface area contributed by atoms with Crippen molar-refractivity contribution < 1.29 is 22.6 Å². The molecule has 0 aliphatic heterocycles. The van der Waals surface area contributed by atoms with Gasteiger partial charge in [-0.05, 0) is 36.2 Å². The molecule has 0 fully saturated rings. The van der Waals surface area contributed by atoms with E-state index in [0.717, 1.165) is 16.9 Å². The average molecular weight is 395 g/mol. The van der Waals surface area contributed by atoms with Gasteiger partial charge in [-0.3, -0.25) is 4.99 Å². The molecule has 8 heteroatoms. The number of aryl methyl sites for hydroxylation is 1. The molecule has 2 N–H and O–H groups in total. The van der Waals surface area contributed by atoms with Crippen molar-refractivity contribution >= 4 is 5.96 Å². The van der Waals surface area contributed by atoms with Crippen LogP contribution in [0.2, 0.25) is 0 Å². The lowest BCUT2D eigenvalue weighted by atomic mass is 10.1. The minimum absolute atomic E-state index is 0.202. The fourth-order valence-corrected chi connectivity index (χ4v) is 2.47. The average Bonchev–Trinajstić information content (AvgIpc) is 2.67. The van der Waals surface area contributed by atoms with Crippen LogP contribution in [0, 0.1) is 6.92 Å². The van der Waals surface area contributed by atoms with Gasteiger partial charge in [0, 0.05) is 25.7 Å². The number of benzene rings is 2. The first-order valence-electron chi connectivity index (χ1n) is 8.67. The third kappa shape index (κ3) is 7.02. The van der Waals surface area contributed by atoms with Gasteiger partial charge >= 0.3 is 6.18 Å². The molecule has 2 aromatic rings. The van der Waals surface area contributed by atoms with Gasteiger partial charge in [0.2, 0.25) is 0 Å². The molecule has 0 bridgehead atoms. The van der Waals surface area contributed by atoms with Crippen LogP contribution in [0.4, 0.5) is 13.2 Å². The molecule has 0 amide bonds. The van der Waals surface area contributed by atoms with Gasteiger partial charge in [0.05, 0.1) is 7.11 Å². The van der Waals surface area contributed by atoms with Crippen LogP contribution < -0.4 is 20.1 Å². The molecule has 0 aromatic heterocycles. The fraction of sp³-hybridized carbons (Fsp3) is 0.350. The van der Waals surface area contributed by atoms with Crippen LogP contribution in [-0.4, -0.2) is 32.9 Å². The van der Waals surface area contributed by atoms with Crippen LogP contribution in [-0.2, 0) is 13.1 Å². The van der Waals surface area contributed by atoms with E-state index < -0.39 is 12.8 Å². The standard InChI is InChI=1S/C20H24F3N3O2/c1-14-7-8-16(18(9-14)28-13-20(21,22)23)12-26-19(24-2)25-11-15-5-4-6-17(10-15)27-3/h4-10H,11-13H2,1-3H3,(H2,24,25,26). The Hall–Kier alpha value is -2.90. The fourth-order valence-electron chi connectivity index (χ4n) is 2.47. The summed E-state index contributed by atoms with van der Waals surface area (Å²) in [6, 6.07) is 12.8. The second-order valence-corrected chi connectivity index (χ2v) is 6.15. The first kappa shape index (κ1) is 21.4. The molecule has 0 atom stereocenters. The van der Waals surface area contributed by atoms with Gasteiger partial charge < -0.3 is 20.1 Å². The Balaban J connectivity index is 1.97. The lowest BCUT2D eigenvalue weighted by Crippen LogP contribution is -2.36. The Morgan fingerprint density at radius 3 is 2.50 bits per heavy atom. The Labute approximate surface area is 162 Å². The summed E-state index contributed by atoms with van der Waals surface area (Å²) < 4.78 is 47.6. The van der Waals surface area contributed by atoms with Gasteiger partial charge in [-0.25, -0.2) is 0 Å². The molecular formula is C20H24F3N3O2. The van der Waals surface area contributed by atoms with E-state index in [1.807, 2.05) is 30.3 Å². The van der Waals surface area contributed by atoms with Gasteiger partial charge in [0.25, 0.3) is 0 Å². The zero-order valence-corrected chi connectivity index (χ0v) is 16.1. The van der Waals surface area contributed by atoms with E-state index >= 15 is 0 Å². The molecule has 152 valence electrons. The molecule has 0 radical (unpaired) electrons. The maximum atomic E-state index is 12.5. The van der Waals surface area contributed by atoms with Crippen molar-refractivity contribution in [1.82, 2.24) is 10.6 Å². The third-order valence-corrected chi connectivity index (χ3v) is 3.88. The maximum absolute atomic E-state index is 12.5. The third-order valence-electron chi connectivity index (χ3n) is 3.88. The Morgan fingerprint density at radius 1 is 1.07 bits per heavy atom. The largest absolute Gasteiger partial charge is 0.497 e. The number of halogens is 3. The number of methoxy groups -OCH3 is 1. The highest BCUT2D eigenvalue weighted by atomic mass is 19.4. The summed E-state index contributed by atoms with van der Waals surface area (Å²) in [5.74, 6) is 1.48. The van der Waals surface area contributed by atoms with Gasteiger partial charge in [-0.2, -0.15) is 13.2 Å². The quantitative estimate of drug-likeness (QED) is 0.553.